The van der Waals surface area contributed by atoms with Crippen LogP contribution in [-0.2, 0) is 10.3 Å². The molecule has 3 aromatic rings. The van der Waals surface area contributed by atoms with Crippen molar-refractivity contribution >= 4 is 34.1 Å². The number of aliphatic hydroxyl groups excluding tert-OH is 1. The number of piperidine rings is 1. The molecular formula is C25H28ClFN6O2. The molecular weight excluding hydrogens is 471 g/mol. The van der Waals surface area contributed by atoms with Gasteiger partial charge in [0, 0.05) is 35.3 Å². The molecule has 2 N–H and O–H groups in total. The Morgan fingerprint density at radius 1 is 1.20 bits per heavy atom. The predicted molar refractivity (Wildman–Crippen MR) is 130 cm³/mol. The van der Waals surface area contributed by atoms with E-state index in [1.165, 1.54) is 19.3 Å². The smallest absolute Gasteiger partial charge is 0.227 e. The monoisotopic (exact) mass is 498 g/mol. The Morgan fingerprint density at radius 3 is 2.77 bits per heavy atom. The highest BCUT2D eigenvalue weighted by atomic mass is 35.5. The van der Waals surface area contributed by atoms with Crippen LogP contribution in [0.15, 0.2) is 30.7 Å². The van der Waals surface area contributed by atoms with Gasteiger partial charge >= 0.3 is 0 Å². The summed E-state index contributed by atoms with van der Waals surface area (Å²) in [5.41, 5.74) is 2.60. The van der Waals surface area contributed by atoms with Gasteiger partial charge in [0.15, 0.2) is 0 Å². The predicted octanol–water partition coefficient (Wildman–Crippen LogP) is 3.62. The van der Waals surface area contributed by atoms with Crippen molar-refractivity contribution < 1.29 is 14.2 Å². The number of aliphatic hydroxyl groups is 1. The fraction of sp³-hybridized carbons (Fsp3) is 0.560. The molecule has 5 aliphatic rings. The zero-order valence-electron chi connectivity index (χ0n) is 19.3. The molecule has 8 nitrogen and oxygen atoms in total. The van der Waals surface area contributed by atoms with Gasteiger partial charge < -0.3 is 15.2 Å². The van der Waals surface area contributed by atoms with E-state index in [9.17, 15) is 5.11 Å². The van der Waals surface area contributed by atoms with Crippen LogP contribution < -0.4 is 5.32 Å². The Labute approximate surface area is 207 Å². The zero-order chi connectivity index (χ0) is 23.7. The lowest BCUT2D eigenvalue weighted by Crippen LogP contribution is -2.59. The molecule has 8 rings (SSSR count). The van der Waals surface area contributed by atoms with Crippen LogP contribution in [0, 0.1) is 5.92 Å². The number of likely N-dealkylation sites (tertiary alicyclic amines) is 1. The first-order chi connectivity index (χ1) is 17.0. The zero-order valence-corrected chi connectivity index (χ0v) is 20.0. The molecule has 0 spiro atoms. The highest BCUT2D eigenvalue weighted by molar-refractivity contribution is 6.32. The van der Waals surface area contributed by atoms with Gasteiger partial charge in [-0.3, -0.25) is 9.58 Å². The lowest BCUT2D eigenvalue weighted by molar-refractivity contribution is -0.0977. The number of benzene rings is 1. The second kappa shape index (κ2) is 8.09. The van der Waals surface area contributed by atoms with Crippen LogP contribution in [0.2, 0.25) is 5.02 Å². The van der Waals surface area contributed by atoms with Gasteiger partial charge in [0.2, 0.25) is 5.95 Å². The summed E-state index contributed by atoms with van der Waals surface area (Å²) in [4.78, 5) is 11.1. The second-order valence-electron chi connectivity index (χ2n) is 10.7. The molecule has 35 heavy (non-hydrogen) atoms. The number of nitrogens with one attached hydrogen (secondary N) is 1. The summed E-state index contributed by atoms with van der Waals surface area (Å²) < 4.78 is 22.8. The van der Waals surface area contributed by atoms with Gasteiger partial charge in [0.1, 0.15) is 6.17 Å². The number of alkyl halides is 1. The number of aromatic nitrogens is 4. The molecule has 0 amide bonds. The maximum atomic E-state index is 15.4. The molecule has 2 bridgehead atoms. The van der Waals surface area contributed by atoms with Crippen LogP contribution >= 0.6 is 11.6 Å². The largest absolute Gasteiger partial charge is 0.389 e. The van der Waals surface area contributed by atoms with E-state index in [-0.39, 0.29) is 24.0 Å². The first-order valence-electron chi connectivity index (χ1n) is 12.4. The number of fused-ring (bicyclic) bond motifs is 1. The Kier molecular flexibility index (Phi) is 5.07. The van der Waals surface area contributed by atoms with Gasteiger partial charge in [-0.2, -0.15) is 5.10 Å². The van der Waals surface area contributed by atoms with Crippen molar-refractivity contribution in [1.82, 2.24) is 24.6 Å². The number of rotatable bonds is 5. The standard InChI is InChI=1S/C25H28ClFN6O2/c26-19-3-15-8-28-24(30-16-9-29-33(10-16)25-5-14(6-25)7-25)31-21(15)4-18(19)17-1-2-32(11-20(17)27)22-12-35-13-23(22)34/h3-4,8-10,14,17,20,22-23,34H,1-2,5-7,11-13H2,(H,28,30,31)/t14?,17-,20+,22-,23+,25?/m1/s1. The van der Waals surface area contributed by atoms with Crippen LogP contribution in [0.25, 0.3) is 10.9 Å². The molecule has 0 unspecified atom stereocenters. The van der Waals surface area contributed by atoms with E-state index in [1.54, 1.807) is 6.20 Å². The van der Waals surface area contributed by atoms with Crippen molar-refractivity contribution in [2.75, 3.05) is 31.6 Å². The lowest BCUT2D eigenvalue weighted by atomic mass is 9.50. The first kappa shape index (κ1) is 21.9. The Hall–Kier alpha value is -2.33. The van der Waals surface area contributed by atoms with Crippen LogP contribution in [-0.4, -0.2) is 74.4 Å². The molecule has 10 heteroatoms. The third-order valence-corrected chi connectivity index (χ3v) is 8.82. The van der Waals surface area contributed by atoms with Gasteiger partial charge in [-0.15, -0.1) is 0 Å². The lowest BCUT2D eigenvalue weighted by Gasteiger charge is -2.61. The van der Waals surface area contributed by atoms with Crippen LogP contribution in [0.3, 0.4) is 0 Å². The average Bonchev–Trinajstić information content (AvgIpc) is 3.40. The Bertz CT molecular complexity index is 1270. The van der Waals surface area contributed by atoms with E-state index in [2.05, 4.69) is 20.1 Å². The van der Waals surface area contributed by atoms with Gasteiger partial charge in [0.05, 0.1) is 48.3 Å². The van der Waals surface area contributed by atoms with E-state index in [0.717, 1.165) is 28.1 Å². The highest BCUT2D eigenvalue weighted by Gasteiger charge is 2.58. The number of halogens is 2. The molecule has 2 aromatic heterocycles. The number of ether oxygens (including phenoxy) is 1. The highest BCUT2D eigenvalue weighted by Crippen LogP contribution is 2.62. The molecule has 4 heterocycles. The van der Waals surface area contributed by atoms with Gasteiger partial charge in [-0.05, 0) is 55.8 Å². The topological polar surface area (TPSA) is 88.3 Å². The summed E-state index contributed by atoms with van der Waals surface area (Å²) in [6.45, 7) is 1.71. The van der Waals surface area contributed by atoms with E-state index in [0.29, 0.717) is 37.2 Å². The number of hydrogen-bond acceptors (Lipinski definition) is 7. The van der Waals surface area contributed by atoms with Crippen LogP contribution in [0.5, 0.6) is 0 Å². The summed E-state index contributed by atoms with van der Waals surface area (Å²) in [5, 5.41) is 19.3. The third kappa shape index (κ3) is 3.63. The third-order valence-electron chi connectivity index (χ3n) is 8.49. The quantitative estimate of drug-likeness (QED) is 0.555. The maximum Gasteiger partial charge on any atom is 0.227 e. The summed E-state index contributed by atoms with van der Waals surface area (Å²) in [6, 6.07) is 3.59. The molecule has 184 valence electrons. The van der Waals surface area contributed by atoms with Crippen molar-refractivity contribution in [2.45, 2.75) is 55.5 Å². The molecule has 0 radical (unpaired) electrons. The van der Waals surface area contributed by atoms with Crippen molar-refractivity contribution in [3.05, 3.63) is 41.3 Å². The molecule has 1 aromatic carbocycles. The van der Waals surface area contributed by atoms with Crippen LogP contribution in [0.1, 0.15) is 37.2 Å². The fourth-order valence-electron chi connectivity index (χ4n) is 6.36. The average molecular weight is 499 g/mol. The molecule has 2 aliphatic heterocycles. The van der Waals surface area contributed by atoms with Crippen molar-refractivity contribution in [2.24, 2.45) is 5.92 Å². The second-order valence-corrected chi connectivity index (χ2v) is 11.1. The van der Waals surface area contributed by atoms with Crippen LogP contribution in [0.4, 0.5) is 16.0 Å². The summed E-state index contributed by atoms with van der Waals surface area (Å²) in [7, 11) is 0. The summed E-state index contributed by atoms with van der Waals surface area (Å²) >= 11 is 6.60. The number of hydrogen-bond donors (Lipinski definition) is 2. The van der Waals surface area contributed by atoms with Crippen molar-refractivity contribution in [1.29, 1.82) is 0 Å². The molecule has 5 fully saturated rings. The minimum atomic E-state index is -1.09. The van der Waals surface area contributed by atoms with E-state index >= 15 is 4.39 Å². The normalized spacial score (nSPS) is 34.5. The Morgan fingerprint density at radius 2 is 2.06 bits per heavy atom. The molecule has 2 saturated heterocycles. The van der Waals surface area contributed by atoms with E-state index in [4.69, 9.17) is 21.3 Å². The number of anilines is 2. The minimum absolute atomic E-state index is 0.137. The first-order valence-corrected chi connectivity index (χ1v) is 12.8. The molecule has 3 saturated carbocycles. The van der Waals surface area contributed by atoms with Gasteiger partial charge in [0.25, 0.3) is 0 Å². The van der Waals surface area contributed by atoms with Gasteiger partial charge in [-0.25, -0.2) is 14.4 Å². The van der Waals surface area contributed by atoms with Crippen molar-refractivity contribution in [3.63, 3.8) is 0 Å². The van der Waals surface area contributed by atoms with Gasteiger partial charge in [-0.1, -0.05) is 11.6 Å². The van der Waals surface area contributed by atoms with E-state index < -0.39 is 12.3 Å². The SMILES string of the molecule is O[C@H]1COC[C@H]1N1CC[C@H](c2cc3nc(Nc4cnn(C56CC(C5)C6)c4)ncc3cc2Cl)[C@@H](F)C1. The Balaban J connectivity index is 1.10. The molecule has 3 aliphatic carbocycles. The summed E-state index contributed by atoms with van der Waals surface area (Å²) in [6.07, 6.45) is 8.25. The molecule has 4 atom stereocenters. The minimum Gasteiger partial charge on any atom is -0.389 e. The maximum absolute atomic E-state index is 15.4. The fourth-order valence-corrected chi connectivity index (χ4v) is 6.67. The van der Waals surface area contributed by atoms with E-state index in [1.807, 2.05) is 29.4 Å². The van der Waals surface area contributed by atoms with Crippen molar-refractivity contribution in [3.8, 4) is 0 Å². The number of nitrogens with zero attached hydrogens (tertiary/aromatic N) is 5. The summed E-state index contributed by atoms with van der Waals surface area (Å²) in [5.74, 6) is 1.05.